The number of pyridine rings is 2. The topological polar surface area (TPSA) is 34.0 Å². The van der Waals surface area contributed by atoms with Gasteiger partial charge in [0, 0.05) is 43.1 Å². The number of fused-ring (bicyclic) bond motifs is 18. The molecule has 2 aliphatic heterocycles. The minimum atomic E-state index is -0.536. The van der Waals surface area contributed by atoms with E-state index in [0.29, 0.717) is 0 Å². The molecule has 4 nitrogen and oxygen atoms in total. The molecule has 0 fully saturated rings. The second kappa shape index (κ2) is 10.2. The Morgan fingerprint density at radius 3 is 2.19 bits per heavy atom. The number of hydrogen-bond donors (Lipinski definition) is 0. The quantitative estimate of drug-likeness (QED) is 0.159. The predicted octanol–water partition coefficient (Wildman–Crippen LogP) is 12.5. The van der Waals surface area contributed by atoms with E-state index < -0.39 is 5.41 Å². The Bertz CT molecular complexity index is 3290. The van der Waals surface area contributed by atoms with E-state index in [4.69, 9.17) is 9.97 Å². The van der Waals surface area contributed by atoms with Crippen LogP contribution in [0.2, 0.25) is 0 Å². The summed E-state index contributed by atoms with van der Waals surface area (Å²) < 4.78 is 2.51. The van der Waals surface area contributed by atoms with Crippen LogP contribution in [0.3, 0.4) is 0 Å². The summed E-state index contributed by atoms with van der Waals surface area (Å²) in [5, 5.41) is 4.73. The molecule has 1 aliphatic carbocycles. The van der Waals surface area contributed by atoms with Gasteiger partial charge < -0.3 is 4.57 Å². The van der Waals surface area contributed by atoms with Gasteiger partial charge in [-0.05, 0) is 76.3 Å². The Balaban J connectivity index is 1.18. The van der Waals surface area contributed by atoms with E-state index in [2.05, 4.69) is 167 Å². The molecule has 1 spiro atoms. The maximum absolute atomic E-state index is 5.48. The van der Waals surface area contributed by atoms with E-state index in [9.17, 15) is 0 Å². The van der Waals surface area contributed by atoms with Gasteiger partial charge in [0.05, 0.1) is 44.5 Å². The number of benzene rings is 7. The summed E-state index contributed by atoms with van der Waals surface area (Å²) in [6, 6.07) is 60.3. The fourth-order valence-electron chi connectivity index (χ4n) is 9.96. The van der Waals surface area contributed by atoms with Crippen molar-refractivity contribution in [1.29, 1.82) is 0 Å². The molecule has 1 unspecified atom stereocenters. The van der Waals surface area contributed by atoms with Crippen LogP contribution >= 0.6 is 11.8 Å². The Kier molecular flexibility index (Phi) is 5.47. The highest BCUT2D eigenvalue weighted by molar-refractivity contribution is 7.99. The van der Waals surface area contributed by atoms with Gasteiger partial charge in [-0.25, -0.2) is 4.98 Å². The Morgan fingerprint density at radius 1 is 0.500 bits per heavy atom. The molecule has 3 aliphatic rings. The average molecular weight is 705 g/mol. The zero-order valence-corrected chi connectivity index (χ0v) is 29.7. The number of aromatic nitrogens is 3. The lowest BCUT2D eigenvalue weighted by molar-refractivity contribution is 0.748. The fourth-order valence-corrected chi connectivity index (χ4v) is 11.0. The van der Waals surface area contributed by atoms with Crippen LogP contribution in [0, 0.1) is 0 Å². The first-order valence-corrected chi connectivity index (χ1v) is 19.2. The van der Waals surface area contributed by atoms with Crippen LogP contribution in [0.25, 0.3) is 60.4 Å². The number of nitrogens with zero attached hydrogens (tertiary/aromatic N) is 4. The number of hydrogen-bond acceptors (Lipinski definition) is 4. The minimum Gasteiger partial charge on any atom is -0.309 e. The van der Waals surface area contributed by atoms with Crippen molar-refractivity contribution in [3.05, 3.63) is 192 Å². The molecule has 13 rings (SSSR count). The largest absolute Gasteiger partial charge is 0.309 e. The SMILES string of the molecule is c1ccc2c(c1)Sc1ccc3c(c1N2c1ccc2ccc4cccnc4c2n1)-c1ccccc1C31c2ccccc2-n2c3ccccc3c3cccc1c32. The molecule has 3 aromatic heterocycles. The smallest absolute Gasteiger partial charge is 0.138 e. The van der Waals surface area contributed by atoms with Crippen LogP contribution in [-0.2, 0) is 5.41 Å². The molecule has 1 atom stereocenters. The van der Waals surface area contributed by atoms with E-state index in [-0.39, 0.29) is 0 Å². The van der Waals surface area contributed by atoms with E-state index in [0.717, 1.165) is 33.3 Å². The molecule has 54 heavy (non-hydrogen) atoms. The second-order valence-electron chi connectivity index (χ2n) is 14.5. The number of rotatable bonds is 1. The molecule has 0 bridgehead atoms. The highest BCUT2D eigenvalue weighted by Crippen LogP contribution is 2.65. The summed E-state index contributed by atoms with van der Waals surface area (Å²) in [5.74, 6) is 0.882. The summed E-state index contributed by atoms with van der Waals surface area (Å²) in [7, 11) is 0. The fraction of sp³-hybridized carbons (Fsp3) is 0.0204. The maximum atomic E-state index is 5.48. The van der Waals surface area contributed by atoms with Crippen molar-refractivity contribution in [3.8, 4) is 16.8 Å². The monoisotopic (exact) mass is 704 g/mol. The van der Waals surface area contributed by atoms with E-state index in [1.54, 1.807) is 0 Å². The van der Waals surface area contributed by atoms with Crippen molar-refractivity contribution < 1.29 is 0 Å². The average Bonchev–Trinajstić information content (AvgIpc) is 3.73. The normalized spacial score (nSPS) is 16.1. The minimum absolute atomic E-state index is 0.536. The molecule has 10 aromatic rings. The van der Waals surface area contributed by atoms with Gasteiger partial charge in [0.1, 0.15) is 5.82 Å². The van der Waals surface area contributed by atoms with Crippen molar-refractivity contribution in [1.82, 2.24) is 14.5 Å². The highest BCUT2D eigenvalue weighted by Gasteiger charge is 2.52. The highest BCUT2D eigenvalue weighted by atomic mass is 32.2. The lowest BCUT2D eigenvalue weighted by atomic mass is 9.65. The van der Waals surface area contributed by atoms with E-state index >= 15 is 0 Å². The molecule has 5 heteroatoms. The Morgan fingerprint density at radius 2 is 1.24 bits per heavy atom. The van der Waals surface area contributed by atoms with Crippen molar-refractivity contribution >= 4 is 72.6 Å². The summed E-state index contributed by atoms with van der Waals surface area (Å²) in [4.78, 5) is 15.1. The molecule has 0 saturated carbocycles. The van der Waals surface area contributed by atoms with E-state index in [1.807, 2.05) is 24.0 Å². The van der Waals surface area contributed by atoms with Gasteiger partial charge in [-0.2, -0.15) is 0 Å². The van der Waals surface area contributed by atoms with Crippen LogP contribution in [0.5, 0.6) is 0 Å². The third-order valence-corrected chi connectivity index (χ3v) is 13.1. The lowest BCUT2D eigenvalue weighted by Crippen LogP contribution is -2.33. The van der Waals surface area contributed by atoms with Gasteiger partial charge >= 0.3 is 0 Å². The van der Waals surface area contributed by atoms with Crippen LogP contribution in [0.4, 0.5) is 17.2 Å². The van der Waals surface area contributed by atoms with Crippen LogP contribution < -0.4 is 4.90 Å². The number of anilines is 3. The summed E-state index contributed by atoms with van der Waals surface area (Å²) in [6.45, 7) is 0. The molecule has 0 N–H and O–H groups in total. The zero-order valence-electron chi connectivity index (χ0n) is 28.9. The Hall–Kier alpha value is -6.69. The molecule has 0 radical (unpaired) electrons. The predicted molar refractivity (Wildman–Crippen MR) is 221 cm³/mol. The van der Waals surface area contributed by atoms with Crippen molar-refractivity contribution in [2.75, 3.05) is 4.90 Å². The Labute approximate surface area is 315 Å². The third kappa shape index (κ3) is 3.42. The van der Waals surface area contributed by atoms with Crippen LogP contribution in [-0.4, -0.2) is 14.5 Å². The first-order valence-electron chi connectivity index (χ1n) is 18.4. The standard InChI is InChI=1S/C49H28N4S/c1-3-15-34-33(13-1)44-36(49(34)35-16-4-6-19-39(35)52-38-18-5-2-12-31(38)32-14-9-17-37(49)47(32)52)25-26-42-48(44)53(40-20-7-8-21-41(40)54-42)43-27-24-30-23-22-29-11-10-28-50-45(29)46(30)51-43/h1-28H. The van der Waals surface area contributed by atoms with Crippen LogP contribution in [0.15, 0.2) is 180 Å². The molecule has 250 valence electrons. The van der Waals surface area contributed by atoms with Gasteiger partial charge in [0.15, 0.2) is 0 Å². The van der Waals surface area contributed by atoms with E-state index in [1.165, 1.54) is 76.4 Å². The van der Waals surface area contributed by atoms with Crippen molar-refractivity contribution in [2.24, 2.45) is 0 Å². The molecule has 7 aromatic carbocycles. The van der Waals surface area contributed by atoms with Crippen LogP contribution in [0.1, 0.15) is 22.3 Å². The van der Waals surface area contributed by atoms with Gasteiger partial charge in [0.2, 0.25) is 0 Å². The molecular weight excluding hydrogens is 677 g/mol. The summed E-state index contributed by atoms with van der Waals surface area (Å²) >= 11 is 1.85. The molecule has 0 saturated heterocycles. The number of para-hydroxylation sites is 4. The first kappa shape index (κ1) is 28.8. The van der Waals surface area contributed by atoms with Gasteiger partial charge in [-0.1, -0.05) is 127 Å². The van der Waals surface area contributed by atoms with Gasteiger partial charge in [-0.3, -0.25) is 9.88 Å². The van der Waals surface area contributed by atoms with Crippen molar-refractivity contribution in [3.63, 3.8) is 0 Å². The first-order chi connectivity index (χ1) is 26.8. The van der Waals surface area contributed by atoms with Gasteiger partial charge in [0.25, 0.3) is 0 Å². The summed E-state index contributed by atoms with van der Waals surface area (Å²) in [6.07, 6.45) is 1.86. The molecule has 0 amide bonds. The van der Waals surface area contributed by atoms with Gasteiger partial charge in [-0.15, -0.1) is 0 Å². The lowest BCUT2D eigenvalue weighted by Gasteiger charge is -2.40. The summed E-state index contributed by atoms with van der Waals surface area (Å²) in [5.41, 5.74) is 15.1. The second-order valence-corrected chi connectivity index (χ2v) is 15.6. The molecular formula is C49H28N4S. The molecule has 5 heterocycles. The van der Waals surface area contributed by atoms with Crippen molar-refractivity contribution in [2.45, 2.75) is 15.2 Å². The third-order valence-electron chi connectivity index (χ3n) is 12.0. The zero-order chi connectivity index (χ0) is 35.1. The maximum Gasteiger partial charge on any atom is 0.138 e.